The van der Waals surface area contributed by atoms with Crippen molar-refractivity contribution in [2.75, 3.05) is 11.5 Å². The van der Waals surface area contributed by atoms with Crippen LogP contribution in [-0.2, 0) is 9.53 Å². The van der Waals surface area contributed by atoms with E-state index in [9.17, 15) is 15.0 Å². The summed E-state index contributed by atoms with van der Waals surface area (Å²) in [5, 5.41) is 18.7. The molecule has 3 rings (SSSR count). The summed E-state index contributed by atoms with van der Waals surface area (Å²) in [6.45, 7) is 0.560. The first kappa shape index (κ1) is 10.4. The smallest absolute Gasteiger partial charge is 0.329 e. The van der Waals surface area contributed by atoms with E-state index in [-0.39, 0.29) is 17.9 Å². The molecule has 0 aromatic heterocycles. The maximum Gasteiger partial charge on any atom is 0.329 e. The van der Waals surface area contributed by atoms with Gasteiger partial charge >= 0.3 is 5.97 Å². The maximum absolute atomic E-state index is 11.3. The largest absolute Gasteiger partial charge is 0.508 e. The van der Waals surface area contributed by atoms with Crippen LogP contribution in [0.2, 0.25) is 0 Å². The van der Waals surface area contributed by atoms with E-state index in [2.05, 4.69) is 0 Å². The van der Waals surface area contributed by atoms with Crippen LogP contribution in [0.1, 0.15) is 6.42 Å². The van der Waals surface area contributed by atoms with E-state index in [1.165, 1.54) is 0 Å². The standard InChI is InChI=1S/C12H13NO4/c14-9-3-1-2-7(4-9)13-8-5-10(17-6-8)11(13)12(15)16/h1-4,8,10-11,14H,5-6H2,(H,15,16). The number of phenols is 1. The van der Waals surface area contributed by atoms with Crippen molar-refractivity contribution >= 4 is 11.7 Å². The second-order valence-corrected chi connectivity index (χ2v) is 4.47. The number of aliphatic carboxylic acids is 1. The first-order valence-corrected chi connectivity index (χ1v) is 5.58. The number of phenolic OH excluding ortho intramolecular Hbond substituents is 1. The predicted octanol–water partition coefficient (Wildman–Crippen LogP) is 0.823. The van der Waals surface area contributed by atoms with Gasteiger partial charge in [-0.3, -0.25) is 0 Å². The number of hydrogen-bond donors (Lipinski definition) is 2. The molecule has 2 fully saturated rings. The van der Waals surface area contributed by atoms with Gasteiger partial charge < -0.3 is 19.8 Å². The molecule has 0 saturated carbocycles. The fraction of sp³-hybridized carbons (Fsp3) is 0.417. The van der Waals surface area contributed by atoms with Crippen LogP contribution in [0.15, 0.2) is 24.3 Å². The molecule has 2 aliphatic rings. The van der Waals surface area contributed by atoms with Crippen LogP contribution >= 0.6 is 0 Å². The Bertz CT molecular complexity index is 462. The molecule has 3 atom stereocenters. The van der Waals surface area contributed by atoms with Crippen molar-refractivity contribution in [3.8, 4) is 5.75 Å². The highest BCUT2D eigenvalue weighted by atomic mass is 16.5. The van der Waals surface area contributed by atoms with Gasteiger partial charge in [-0.05, 0) is 18.6 Å². The zero-order valence-electron chi connectivity index (χ0n) is 9.11. The van der Waals surface area contributed by atoms with Crippen molar-refractivity contribution in [1.29, 1.82) is 0 Å². The Morgan fingerprint density at radius 1 is 1.47 bits per heavy atom. The average Bonchev–Trinajstić information content (AvgIpc) is 2.88. The second kappa shape index (κ2) is 3.63. The SMILES string of the molecule is O=C(O)C1C2CC(CO2)N1c1cccc(O)c1. The van der Waals surface area contributed by atoms with Crippen molar-refractivity contribution in [1.82, 2.24) is 0 Å². The van der Waals surface area contributed by atoms with E-state index >= 15 is 0 Å². The van der Waals surface area contributed by atoms with Crippen molar-refractivity contribution < 1.29 is 19.7 Å². The van der Waals surface area contributed by atoms with E-state index in [0.29, 0.717) is 6.61 Å². The molecule has 2 aliphatic heterocycles. The number of rotatable bonds is 2. The molecule has 90 valence electrons. The third-order valence-corrected chi connectivity index (χ3v) is 3.43. The summed E-state index contributed by atoms with van der Waals surface area (Å²) in [4.78, 5) is 13.1. The van der Waals surface area contributed by atoms with Crippen LogP contribution in [0.3, 0.4) is 0 Å². The van der Waals surface area contributed by atoms with Crippen molar-refractivity contribution in [2.24, 2.45) is 0 Å². The monoisotopic (exact) mass is 235 g/mol. The van der Waals surface area contributed by atoms with Gasteiger partial charge in [-0.15, -0.1) is 0 Å². The normalized spacial score (nSPS) is 30.8. The summed E-state index contributed by atoms with van der Waals surface area (Å²) in [5.41, 5.74) is 0.744. The van der Waals surface area contributed by atoms with Gasteiger partial charge in [0.15, 0.2) is 6.04 Å². The number of morpholine rings is 1. The third-order valence-electron chi connectivity index (χ3n) is 3.43. The van der Waals surface area contributed by atoms with Crippen molar-refractivity contribution in [2.45, 2.75) is 24.6 Å². The minimum atomic E-state index is -0.874. The molecule has 0 spiro atoms. The van der Waals surface area contributed by atoms with E-state index in [1.54, 1.807) is 18.2 Å². The highest BCUT2D eigenvalue weighted by molar-refractivity contribution is 5.81. The van der Waals surface area contributed by atoms with Gasteiger partial charge in [-0.25, -0.2) is 4.79 Å². The van der Waals surface area contributed by atoms with Crippen LogP contribution in [-0.4, -0.2) is 41.0 Å². The molecular weight excluding hydrogens is 222 g/mol. The topological polar surface area (TPSA) is 70.0 Å². The number of benzene rings is 1. The number of nitrogens with zero attached hydrogens (tertiary/aromatic N) is 1. The second-order valence-electron chi connectivity index (χ2n) is 4.47. The van der Waals surface area contributed by atoms with Gasteiger partial charge in [-0.2, -0.15) is 0 Å². The number of carbonyl (C=O) groups is 1. The van der Waals surface area contributed by atoms with E-state index in [4.69, 9.17) is 4.74 Å². The van der Waals surface area contributed by atoms with Crippen molar-refractivity contribution in [3.63, 3.8) is 0 Å². The fourth-order valence-electron chi connectivity index (χ4n) is 2.76. The molecule has 1 aromatic carbocycles. The quantitative estimate of drug-likeness (QED) is 0.794. The molecule has 2 bridgehead atoms. The summed E-state index contributed by atoms with van der Waals surface area (Å²) in [6, 6.07) is 6.16. The summed E-state index contributed by atoms with van der Waals surface area (Å²) in [6.07, 6.45) is 0.506. The van der Waals surface area contributed by atoms with Crippen LogP contribution < -0.4 is 4.90 Å². The molecular formula is C12H13NO4. The Kier molecular flexibility index (Phi) is 2.22. The lowest BCUT2D eigenvalue weighted by molar-refractivity contribution is -0.141. The van der Waals surface area contributed by atoms with Gasteiger partial charge in [0.2, 0.25) is 0 Å². The molecule has 5 heteroatoms. The Hall–Kier alpha value is -1.75. The minimum absolute atomic E-state index is 0.0999. The summed E-state index contributed by atoms with van der Waals surface area (Å²) < 4.78 is 5.42. The van der Waals surface area contributed by atoms with Gasteiger partial charge in [0.25, 0.3) is 0 Å². The molecule has 0 radical (unpaired) electrons. The summed E-state index contributed by atoms with van der Waals surface area (Å²) in [7, 11) is 0. The van der Waals surface area contributed by atoms with E-state index < -0.39 is 12.0 Å². The number of anilines is 1. The highest BCUT2D eigenvalue weighted by Gasteiger charge is 2.50. The third kappa shape index (κ3) is 1.54. The number of fused-ring (bicyclic) bond motifs is 2. The van der Waals surface area contributed by atoms with Gasteiger partial charge in [0, 0.05) is 11.8 Å². The summed E-state index contributed by atoms with van der Waals surface area (Å²) >= 11 is 0. The predicted molar refractivity (Wildman–Crippen MR) is 60.2 cm³/mol. The zero-order valence-corrected chi connectivity index (χ0v) is 9.11. The van der Waals surface area contributed by atoms with Gasteiger partial charge in [0.05, 0.1) is 18.8 Å². The molecule has 0 amide bonds. The Morgan fingerprint density at radius 2 is 2.29 bits per heavy atom. The Labute approximate surface area is 98.2 Å². The number of ether oxygens (including phenoxy) is 1. The lowest BCUT2D eigenvalue weighted by Gasteiger charge is -2.34. The number of hydrogen-bond acceptors (Lipinski definition) is 4. The van der Waals surface area contributed by atoms with Crippen LogP contribution in [0.25, 0.3) is 0 Å². The van der Waals surface area contributed by atoms with Crippen LogP contribution in [0.5, 0.6) is 5.75 Å². The minimum Gasteiger partial charge on any atom is -0.508 e. The Morgan fingerprint density at radius 3 is 3.00 bits per heavy atom. The molecule has 2 saturated heterocycles. The molecule has 2 N–H and O–H groups in total. The fourth-order valence-corrected chi connectivity index (χ4v) is 2.76. The lowest BCUT2D eigenvalue weighted by Crippen LogP contribution is -2.50. The molecule has 1 aromatic rings. The maximum atomic E-state index is 11.3. The first-order chi connectivity index (χ1) is 8.16. The number of aromatic hydroxyl groups is 1. The molecule has 5 nitrogen and oxygen atoms in total. The first-order valence-electron chi connectivity index (χ1n) is 5.58. The van der Waals surface area contributed by atoms with E-state index in [0.717, 1.165) is 12.1 Å². The average molecular weight is 235 g/mol. The number of carboxylic acid groups (broad SMARTS) is 1. The highest BCUT2D eigenvalue weighted by Crippen LogP contribution is 2.38. The van der Waals surface area contributed by atoms with Crippen LogP contribution in [0, 0.1) is 0 Å². The van der Waals surface area contributed by atoms with Crippen LogP contribution in [0.4, 0.5) is 5.69 Å². The zero-order chi connectivity index (χ0) is 12.0. The number of carboxylic acids is 1. The molecule has 0 aliphatic carbocycles. The van der Waals surface area contributed by atoms with Gasteiger partial charge in [-0.1, -0.05) is 6.07 Å². The molecule has 17 heavy (non-hydrogen) atoms. The van der Waals surface area contributed by atoms with Crippen molar-refractivity contribution in [3.05, 3.63) is 24.3 Å². The van der Waals surface area contributed by atoms with Gasteiger partial charge in [0.1, 0.15) is 5.75 Å². The molecule has 2 heterocycles. The molecule has 3 unspecified atom stereocenters. The van der Waals surface area contributed by atoms with E-state index in [1.807, 2.05) is 11.0 Å². The lowest BCUT2D eigenvalue weighted by atomic mass is 10.1. The Balaban J connectivity index is 1.98. The summed E-state index contributed by atoms with van der Waals surface area (Å²) in [5.74, 6) is -0.726.